The molecule has 0 bridgehead atoms. The number of nitrogens with one attached hydrogen (secondary N) is 1. The van der Waals surface area contributed by atoms with Gasteiger partial charge in [-0.3, -0.25) is 0 Å². The van der Waals surface area contributed by atoms with E-state index >= 15 is 0 Å². The van der Waals surface area contributed by atoms with Gasteiger partial charge in [-0.1, -0.05) is 23.2 Å². The number of alkyl halides is 6. The van der Waals surface area contributed by atoms with E-state index in [4.69, 9.17) is 42.6 Å². The minimum atomic E-state index is -6.05. The van der Waals surface area contributed by atoms with Crippen LogP contribution >= 0.6 is 42.1 Å². The van der Waals surface area contributed by atoms with Crippen molar-refractivity contribution in [3.05, 3.63) is 40.1 Å². The molecule has 1 unspecified atom stereocenters. The number of carbonyl (C=O) groups is 1. The molecule has 49 heavy (non-hydrogen) atoms. The average molecular weight is 835 g/mol. The second-order valence-electron chi connectivity index (χ2n) is 8.86. The van der Waals surface area contributed by atoms with Crippen LogP contribution in [0.3, 0.4) is 0 Å². The van der Waals surface area contributed by atoms with Gasteiger partial charge in [0.05, 0.1) is 9.72 Å². The Labute approximate surface area is 285 Å². The molecule has 0 aliphatic rings. The van der Waals surface area contributed by atoms with Crippen LogP contribution in [-0.2, 0) is 29.2 Å². The topological polar surface area (TPSA) is 241 Å². The molecule has 1 heterocycles. The Bertz CT molecular complexity index is 1910. The van der Waals surface area contributed by atoms with Crippen molar-refractivity contribution in [1.82, 2.24) is 4.72 Å². The first-order chi connectivity index (χ1) is 22.3. The lowest BCUT2D eigenvalue weighted by atomic mass is 10.2. The number of hydrogen-bond donors (Lipinski definition) is 4. The van der Waals surface area contributed by atoms with Crippen molar-refractivity contribution in [3.8, 4) is 17.2 Å². The Morgan fingerprint density at radius 3 is 1.94 bits per heavy atom. The molecule has 3 aromatic rings. The van der Waals surface area contributed by atoms with Crippen molar-refractivity contribution in [2.45, 2.75) is 20.8 Å². The molecule has 0 aliphatic heterocycles. The van der Waals surface area contributed by atoms with E-state index in [2.05, 4.69) is 16.0 Å². The van der Waals surface area contributed by atoms with Crippen LogP contribution in [-0.4, -0.2) is 72.0 Å². The maximum atomic E-state index is 14.1. The van der Waals surface area contributed by atoms with E-state index in [1.54, 1.807) is 0 Å². The van der Waals surface area contributed by atoms with E-state index in [-0.39, 0.29) is 57.0 Å². The molecular weight excluding hydrogens is 813 g/mol. The Morgan fingerprint density at radius 2 is 1.49 bits per heavy atom. The number of aliphatic carboxylic acids is 1. The van der Waals surface area contributed by atoms with Crippen LogP contribution < -0.4 is 35.3 Å². The number of carbonyl (C=O) groups excluding carboxylic acids is 1. The Balaban J connectivity index is 0.00000107. The zero-order chi connectivity index (χ0) is 37.8. The highest BCUT2D eigenvalue weighted by molar-refractivity contribution is 7.92. The molecule has 0 spiro atoms. The third-order valence-electron chi connectivity index (χ3n) is 5.23. The Kier molecular flexibility index (Phi) is 14.0. The van der Waals surface area contributed by atoms with Gasteiger partial charge in [-0.2, -0.15) is 31.1 Å². The van der Waals surface area contributed by atoms with Gasteiger partial charge in [0, 0.05) is 11.5 Å². The van der Waals surface area contributed by atoms with Crippen molar-refractivity contribution in [3.63, 3.8) is 0 Å². The van der Waals surface area contributed by atoms with Gasteiger partial charge in [-0.25, -0.2) is 25.8 Å². The number of rotatable bonds is 13. The molecule has 276 valence electrons. The predicted octanol–water partition coefficient (Wildman–Crippen LogP) is 1.68. The number of quaternary nitrogens is 2. The van der Waals surface area contributed by atoms with Gasteiger partial charge in [0.2, 0.25) is 0 Å². The van der Waals surface area contributed by atoms with Crippen LogP contribution in [0.4, 0.5) is 30.7 Å². The largest absolute Gasteiger partial charge is 0.542 e. The van der Waals surface area contributed by atoms with Gasteiger partial charge in [0.1, 0.15) is 64.3 Å². The molecule has 3 rings (SSSR count). The minimum absolute atomic E-state index is 0.0115. The number of fused-ring (bicyclic) bond motifs is 1. The molecule has 27 heteroatoms. The Morgan fingerprint density at radius 1 is 0.980 bits per heavy atom. The van der Waals surface area contributed by atoms with Crippen molar-refractivity contribution in [1.29, 1.82) is 0 Å². The molecule has 1 atom stereocenters. The lowest BCUT2D eigenvalue weighted by molar-refractivity contribution is -0.372. The summed E-state index contributed by atoms with van der Waals surface area (Å²) in [6.07, 6.45) is -6.47. The fourth-order valence-corrected chi connectivity index (χ4v) is 8.64. The summed E-state index contributed by atoms with van der Waals surface area (Å²) < 4.78 is 163. The molecule has 0 radical (unpaired) electrons. The van der Waals surface area contributed by atoms with E-state index in [9.17, 15) is 57.0 Å². The van der Waals surface area contributed by atoms with Crippen LogP contribution in [0.1, 0.15) is 0 Å². The fourth-order valence-electron chi connectivity index (χ4n) is 3.17. The molecular formula is C22H22Cl2F7N3O11PS3+. The van der Waals surface area contributed by atoms with Crippen LogP contribution in [0.2, 0.25) is 10.0 Å². The number of ether oxygens (including phenoxy) is 2. The summed E-state index contributed by atoms with van der Waals surface area (Å²) in [5, 5.41) is 8.92. The second-order valence-corrected chi connectivity index (χ2v) is 16.3. The number of benzene rings is 2. The maximum absolute atomic E-state index is 14.1. The SMILES string of the molecule is O=C([O-])C(F)(F)F.[NH3+]CCOc1c(OCC[NH3+])c(Cl)c2sc(S(=O)(=O)NCP(=O)(O)Oc3ccc(S(=O)(=O)C(F)(F)F)c(F)c3)cc2c1Cl. The molecule has 0 fully saturated rings. The molecule has 0 amide bonds. The summed E-state index contributed by atoms with van der Waals surface area (Å²) in [6.45, 7) is 0.995. The molecule has 0 saturated carbocycles. The van der Waals surface area contributed by atoms with Gasteiger partial charge in [-0.05, 0) is 18.2 Å². The van der Waals surface area contributed by atoms with Gasteiger partial charge >= 0.3 is 19.3 Å². The molecule has 14 nitrogen and oxygen atoms in total. The average Bonchev–Trinajstić information content (AvgIpc) is 3.43. The van der Waals surface area contributed by atoms with Crippen molar-refractivity contribution >= 4 is 78.1 Å². The highest BCUT2D eigenvalue weighted by atomic mass is 35.5. The summed E-state index contributed by atoms with van der Waals surface area (Å²) in [5.41, 5.74) is 1.52. The van der Waals surface area contributed by atoms with Gasteiger partial charge in [0.15, 0.2) is 11.5 Å². The quantitative estimate of drug-likeness (QED) is 0.143. The summed E-state index contributed by atoms with van der Waals surface area (Å²) in [7, 11) is -15.5. The number of sulfone groups is 1. The smallest absolute Gasteiger partial charge is 0.502 e. The predicted molar refractivity (Wildman–Crippen MR) is 155 cm³/mol. The van der Waals surface area contributed by atoms with Crippen molar-refractivity contribution in [2.75, 3.05) is 32.6 Å². The van der Waals surface area contributed by atoms with Crippen LogP contribution in [0.25, 0.3) is 10.1 Å². The summed E-state index contributed by atoms with van der Waals surface area (Å²) in [6, 6.07) is 1.95. The Hall–Kier alpha value is -2.67. The molecule has 1 aromatic heterocycles. The molecule has 8 N–H and O–H groups in total. The summed E-state index contributed by atoms with van der Waals surface area (Å²) in [5.74, 6) is -5.66. The van der Waals surface area contributed by atoms with Crippen LogP contribution in [0.15, 0.2) is 33.4 Å². The molecule has 2 aromatic carbocycles. The van der Waals surface area contributed by atoms with Crippen molar-refractivity contribution in [2.24, 2.45) is 0 Å². The standard InChI is InChI=1S/C20H20Cl2F4N3O9PS3.C2HF3O2/c21-15-11-8-14(40-19(11)16(22)18(37-6-4-28)17(15)36-5-3-27)42(34,35)29-9-39(30,31)38-10-1-2-13(12(23)7-10)41(32,33)20(24,25)26;3-2(4,5)1(6)7/h1-2,7-8,29H,3-6,9,27-28H2,(H,30,31);(H,6,7)/p+1. The van der Waals surface area contributed by atoms with E-state index in [1.165, 1.54) is 0 Å². The number of sulfonamides is 1. The summed E-state index contributed by atoms with van der Waals surface area (Å²) >= 11 is 13.6. The van der Waals surface area contributed by atoms with Gasteiger partial charge < -0.3 is 40.3 Å². The van der Waals surface area contributed by atoms with Crippen LogP contribution in [0, 0.1) is 5.82 Å². The monoisotopic (exact) mass is 834 g/mol. The second kappa shape index (κ2) is 16.1. The first-order valence-electron chi connectivity index (χ1n) is 12.5. The number of thiophene rings is 1. The van der Waals surface area contributed by atoms with Gasteiger partial charge in [0.25, 0.3) is 19.9 Å². The fraction of sp³-hybridized carbons (Fsp3) is 0.318. The number of carboxylic acids is 1. The number of carboxylic acid groups (broad SMARTS) is 1. The zero-order valence-corrected chi connectivity index (χ0v) is 28.7. The van der Waals surface area contributed by atoms with E-state index in [1.807, 2.05) is 4.72 Å². The highest BCUT2D eigenvalue weighted by Crippen LogP contribution is 2.51. The van der Waals surface area contributed by atoms with Gasteiger partial charge in [-0.15, -0.1) is 11.3 Å². The zero-order valence-electron chi connectivity index (χ0n) is 23.9. The van der Waals surface area contributed by atoms with Crippen LogP contribution in [0.5, 0.6) is 17.2 Å². The minimum Gasteiger partial charge on any atom is -0.542 e. The lowest BCUT2D eigenvalue weighted by Gasteiger charge is -2.15. The molecule has 0 saturated heterocycles. The third kappa shape index (κ3) is 10.7. The maximum Gasteiger partial charge on any atom is 0.502 e. The normalized spacial score (nSPS) is 13.7. The first-order valence-corrected chi connectivity index (χ1v) is 18.8. The van der Waals surface area contributed by atoms with Crippen molar-refractivity contribution < 1.29 is 92.4 Å². The summed E-state index contributed by atoms with van der Waals surface area (Å²) in [4.78, 5) is 17.1. The molecule has 0 aliphatic carbocycles. The first kappa shape index (κ1) is 42.5. The highest BCUT2D eigenvalue weighted by Gasteiger charge is 2.48. The van der Waals surface area contributed by atoms with E-state index in [0.29, 0.717) is 30.5 Å². The number of halogens is 9. The third-order valence-corrected chi connectivity index (χ3v) is 11.9. The van der Waals surface area contributed by atoms with E-state index < -0.39 is 72.1 Å². The van der Waals surface area contributed by atoms with E-state index in [0.717, 1.165) is 6.07 Å². The number of hydrogen-bond acceptors (Lipinski definition) is 11. The lowest BCUT2D eigenvalue weighted by Crippen LogP contribution is -2.53.